The van der Waals surface area contributed by atoms with Gasteiger partial charge in [0.2, 0.25) is 0 Å². The van der Waals surface area contributed by atoms with Crippen LogP contribution in [0.1, 0.15) is 43.3 Å². The highest BCUT2D eigenvalue weighted by Gasteiger charge is 2.21. The fourth-order valence-corrected chi connectivity index (χ4v) is 1.87. The Morgan fingerprint density at radius 2 is 2.38 bits per heavy atom. The number of hydrogen-bond donors (Lipinski definition) is 1. The van der Waals surface area contributed by atoms with Crippen molar-refractivity contribution in [2.75, 3.05) is 0 Å². The molecule has 1 aromatic heterocycles. The Morgan fingerprint density at radius 3 is 2.88 bits per heavy atom. The largest absolute Gasteiger partial charge is 0.249 e. The molecule has 0 spiro atoms. The van der Waals surface area contributed by atoms with Gasteiger partial charge in [0.25, 0.3) is 0 Å². The molecule has 0 aliphatic heterocycles. The Labute approximate surface area is 112 Å². The van der Waals surface area contributed by atoms with E-state index in [-0.39, 0.29) is 0 Å². The van der Waals surface area contributed by atoms with Crippen molar-refractivity contribution < 1.29 is 8.32 Å². The molecule has 0 aromatic carbocycles. The topological polar surface area (TPSA) is 42.0 Å². The molecular weight excluding hydrogens is 288 g/mol. The Morgan fingerprint density at radius 1 is 1.69 bits per heavy atom. The van der Waals surface area contributed by atoms with E-state index >= 15 is 0 Å². The summed E-state index contributed by atoms with van der Waals surface area (Å²) in [5.74, 6) is 0. The van der Waals surface area contributed by atoms with Crippen LogP contribution in [0.4, 0.5) is 0 Å². The molecule has 5 heteroatoms. The second kappa shape index (κ2) is 5.38. The quantitative estimate of drug-likeness (QED) is 0.872. The van der Waals surface area contributed by atoms with E-state index in [1.807, 2.05) is 0 Å². The highest BCUT2D eigenvalue weighted by Crippen LogP contribution is 2.18. The van der Waals surface area contributed by atoms with Crippen molar-refractivity contribution in [3.05, 3.63) is 28.5 Å². The second-order valence-electron chi connectivity index (χ2n) is 4.26. The smallest absolute Gasteiger partial charge is 0.106 e. The number of pyridine rings is 1. The molecule has 0 fully saturated rings. The maximum Gasteiger partial charge on any atom is 0.106 e. The molecule has 1 heterocycles. The minimum atomic E-state index is -1.77. The van der Waals surface area contributed by atoms with Crippen LogP contribution in [-0.4, -0.2) is 13.9 Å². The standard InChI is InChI=1S/C11H17BrN2OS/c1-8(14-16(15)11(2,3)4)9-5-6-13-10(12)7-9/h5-8,14H,1-4H3/t8-,16-/m1/s1/i1D2,8D. The molecule has 0 saturated carbocycles. The van der Waals surface area contributed by atoms with E-state index in [9.17, 15) is 4.21 Å². The summed E-state index contributed by atoms with van der Waals surface area (Å²) in [7, 11) is -1.55. The molecule has 16 heavy (non-hydrogen) atoms. The zero-order valence-corrected chi connectivity index (χ0v) is 11.9. The van der Waals surface area contributed by atoms with Crippen LogP contribution in [0.3, 0.4) is 0 Å². The van der Waals surface area contributed by atoms with E-state index in [4.69, 9.17) is 4.11 Å². The Bertz CT molecular complexity index is 481. The first kappa shape index (κ1) is 9.74. The fourth-order valence-electron chi connectivity index (χ4n) is 0.882. The summed E-state index contributed by atoms with van der Waals surface area (Å²) in [5.41, 5.74) is 0.377. The molecule has 0 bridgehead atoms. The lowest BCUT2D eigenvalue weighted by atomic mass is 10.1. The van der Waals surface area contributed by atoms with Gasteiger partial charge < -0.3 is 0 Å². The predicted molar refractivity (Wildman–Crippen MR) is 71.4 cm³/mol. The highest BCUT2D eigenvalue weighted by atomic mass is 79.9. The van der Waals surface area contributed by atoms with Crippen LogP contribution < -0.4 is 4.72 Å². The van der Waals surface area contributed by atoms with Crippen molar-refractivity contribution >= 4 is 26.9 Å². The van der Waals surface area contributed by atoms with E-state index in [0.29, 0.717) is 10.2 Å². The van der Waals surface area contributed by atoms with Gasteiger partial charge in [-0.1, -0.05) is 0 Å². The molecule has 0 radical (unpaired) electrons. The third-order valence-corrected chi connectivity index (χ3v) is 3.75. The van der Waals surface area contributed by atoms with Crippen LogP contribution in [0, 0.1) is 0 Å². The molecule has 1 aromatic rings. The first-order chi connectivity index (χ1) is 8.57. The Hall–Kier alpha value is -0.260. The first-order valence-electron chi connectivity index (χ1n) is 6.39. The van der Waals surface area contributed by atoms with E-state index in [2.05, 4.69) is 25.6 Å². The zero-order valence-electron chi connectivity index (χ0n) is 12.5. The number of rotatable bonds is 3. The molecule has 90 valence electrons. The molecule has 0 aliphatic carbocycles. The van der Waals surface area contributed by atoms with Crippen molar-refractivity contribution in [3.63, 3.8) is 0 Å². The van der Waals surface area contributed by atoms with Crippen LogP contribution in [0.25, 0.3) is 0 Å². The lowest BCUT2D eigenvalue weighted by Gasteiger charge is -2.22. The number of halogens is 1. The predicted octanol–water partition coefficient (Wildman–Crippen LogP) is 2.96. The zero-order chi connectivity index (χ0) is 14.8. The number of hydrogen-bond acceptors (Lipinski definition) is 2. The normalized spacial score (nSPS) is 20.7. The van der Waals surface area contributed by atoms with Gasteiger partial charge in [-0.15, -0.1) is 0 Å². The molecule has 0 saturated heterocycles. The lowest BCUT2D eigenvalue weighted by Crippen LogP contribution is -2.34. The molecule has 1 rings (SSSR count). The number of nitrogens with one attached hydrogen (secondary N) is 1. The van der Waals surface area contributed by atoms with Gasteiger partial charge in [0.05, 0.1) is 17.1 Å². The van der Waals surface area contributed by atoms with Crippen LogP contribution in [0.15, 0.2) is 22.9 Å². The van der Waals surface area contributed by atoms with Crippen LogP contribution in [0.5, 0.6) is 0 Å². The molecule has 3 nitrogen and oxygen atoms in total. The van der Waals surface area contributed by atoms with Crippen LogP contribution in [0.2, 0.25) is 0 Å². The monoisotopic (exact) mass is 307 g/mol. The summed E-state index contributed by atoms with van der Waals surface area (Å²) in [4.78, 5) is 3.95. The molecule has 2 atom stereocenters. The first-order valence-corrected chi connectivity index (χ1v) is 6.68. The summed E-state index contributed by atoms with van der Waals surface area (Å²) >= 11 is 3.19. The Kier molecular flexibility index (Phi) is 3.28. The van der Waals surface area contributed by atoms with Gasteiger partial charge in [-0.3, -0.25) is 0 Å². The van der Waals surface area contributed by atoms with E-state index in [1.54, 1.807) is 32.9 Å². The minimum absolute atomic E-state index is 0.377. The molecule has 0 aliphatic rings. The summed E-state index contributed by atoms with van der Waals surface area (Å²) in [6, 6.07) is 1.32. The Balaban J connectivity index is 3.15. The van der Waals surface area contributed by atoms with Gasteiger partial charge in [0.1, 0.15) is 4.60 Å². The third kappa shape index (κ3) is 3.96. The van der Waals surface area contributed by atoms with Crippen molar-refractivity contribution in [1.29, 1.82) is 0 Å². The van der Waals surface area contributed by atoms with Crippen LogP contribution in [-0.2, 0) is 11.0 Å². The average molecular weight is 308 g/mol. The summed E-state index contributed by atoms with van der Waals surface area (Å²) < 4.78 is 38.1. The number of nitrogens with zero attached hydrogens (tertiary/aromatic N) is 1. The summed E-state index contributed by atoms with van der Waals surface area (Å²) in [6.45, 7) is 3.76. The summed E-state index contributed by atoms with van der Waals surface area (Å²) in [6.07, 6.45) is 1.48. The van der Waals surface area contributed by atoms with Crippen molar-refractivity contribution in [3.8, 4) is 0 Å². The molecule has 0 amide bonds. The maximum absolute atomic E-state index is 12.1. The van der Waals surface area contributed by atoms with Crippen molar-refractivity contribution in [1.82, 2.24) is 9.71 Å². The van der Waals surface area contributed by atoms with E-state index < -0.39 is 28.6 Å². The van der Waals surface area contributed by atoms with Gasteiger partial charge in [0, 0.05) is 15.0 Å². The maximum atomic E-state index is 12.1. The van der Waals surface area contributed by atoms with E-state index in [1.165, 1.54) is 6.20 Å². The lowest BCUT2D eigenvalue weighted by molar-refractivity contribution is 0.616. The van der Waals surface area contributed by atoms with E-state index in [0.717, 1.165) is 0 Å². The third-order valence-electron chi connectivity index (χ3n) is 1.80. The summed E-state index contributed by atoms with van der Waals surface area (Å²) in [5, 5.41) is 0. The van der Waals surface area contributed by atoms with Gasteiger partial charge >= 0.3 is 0 Å². The van der Waals surface area contributed by atoms with Crippen molar-refractivity contribution in [2.24, 2.45) is 0 Å². The van der Waals surface area contributed by atoms with Gasteiger partial charge in [-0.05, 0) is 61.3 Å². The molecule has 1 N–H and O–H groups in total. The number of aromatic nitrogens is 1. The molecular formula is C11H17BrN2OS. The average Bonchev–Trinajstić information content (AvgIpc) is 2.27. The van der Waals surface area contributed by atoms with Crippen molar-refractivity contribution in [2.45, 2.75) is 38.4 Å². The van der Waals surface area contributed by atoms with Gasteiger partial charge in [-0.25, -0.2) is 13.9 Å². The SMILES string of the molecule is [2H]C([2H])[C@@]([2H])(N[S@](=O)C(C)(C)C)c1ccnc(Br)c1. The minimum Gasteiger partial charge on any atom is -0.249 e. The van der Waals surface area contributed by atoms with Gasteiger partial charge in [-0.2, -0.15) is 0 Å². The van der Waals surface area contributed by atoms with Gasteiger partial charge in [0.15, 0.2) is 0 Å². The van der Waals surface area contributed by atoms with Crippen LogP contribution >= 0.6 is 15.9 Å². The molecule has 0 unspecified atom stereocenters. The fraction of sp³-hybridized carbons (Fsp3) is 0.545. The second-order valence-corrected chi connectivity index (χ2v) is 7.04. The highest BCUT2D eigenvalue weighted by molar-refractivity contribution is 9.10.